The van der Waals surface area contributed by atoms with Crippen LogP contribution in [0, 0.1) is 13.8 Å². The van der Waals surface area contributed by atoms with Crippen molar-refractivity contribution in [3.63, 3.8) is 0 Å². The second kappa shape index (κ2) is 12.1. The summed E-state index contributed by atoms with van der Waals surface area (Å²) in [5.41, 5.74) is 3.42. The molecule has 0 spiro atoms. The van der Waals surface area contributed by atoms with E-state index in [1.807, 2.05) is 13.1 Å². The van der Waals surface area contributed by atoms with Crippen LogP contribution in [-0.2, 0) is 13.1 Å². The predicted octanol–water partition coefficient (Wildman–Crippen LogP) is 2.02. The van der Waals surface area contributed by atoms with Gasteiger partial charge in [-0.15, -0.1) is 24.0 Å². The van der Waals surface area contributed by atoms with Crippen LogP contribution in [0.3, 0.4) is 0 Å². The van der Waals surface area contributed by atoms with Crippen molar-refractivity contribution in [3.05, 3.63) is 41.3 Å². The lowest BCUT2D eigenvalue weighted by molar-refractivity contribution is 0.312. The van der Waals surface area contributed by atoms with Crippen molar-refractivity contribution < 1.29 is 0 Å². The minimum atomic E-state index is 0. The van der Waals surface area contributed by atoms with Crippen molar-refractivity contribution in [3.8, 4) is 0 Å². The quantitative estimate of drug-likeness (QED) is 0.249. The van der Waals surface area contributed by atoms with E-state index in [0.717, 1.165) is 68.7 Å². The maximum Gasteiger partial charge on any atom is 0.191 e. The number of hydrogen-bond acceptors (Lipinski definition) is 5. The number of aliphatic imine (C=N–C) groups is 1. The van der Waals surface area contributed by atoms with Crippen molar-refractivity contribution >= 4 is 35.8 Å². The Morgan fingerprint density at radius 3 is 2.50 bits per heavy atom. The number of pyridine rings is 1. The summed E-state index contributed by atoms with van der Waals surface area (Å²) in [6.45, 7) is 10.8. The molecular formula is C21H35IN8. The molecular weight excluding hydrogens is 491 g/mol. The van der Waals surface area contributed by atoms with Crippen LogP contribution in [0.2, 0.25) is 0 Å². The highest BCUT2D eigenvalue weighted by molar-refractivity contribution is 14.0. The fraction of sp³-hybridized carbons (Fsp3) is 0.571. The molecule has 1 aliphatic rings. The number of anilines is 1. The number of nitrogens with zero attached hydrogens (tertiary/aromatic N) is 6. The van der Waals surface area contributed by atoms with Gasteiger partial charge in [0.1, 0.15) is 5.82 Å². The molecule has 0 saturated carbocycles. The van der Waals surface area contributed by atoms with Gasteiger partial charge in [-0.25, -0.2) is 4.98 Å². The summed E-state index contributed by atoms with van der Waals surface area (Å²) in [5.74, 6) is 1.87. The number of hydrogen-bond donors (Lipinski definition) is 2. The molecule has 2 aromatic heterocycles. The van der Waals surface area contributed by atoms with Gasteiger partial charge in [-0.1, -0.05) is 6.07 Å². The van der Waals surface area contributed by atoms with E-state index in [0.29, 0.717) is 6.54 Å². The molecule has 3 rings (SSSR count). The highest BCUT2D eigenvalue weighted by atomic mass is 127. The normalized spacial score (nSPS) is 15.1. The zero-order chi connectivity index (χ0) is 20.6. The lowest BCUT2D eigenvalue weighted by Gasteiger charge is -2.33. The monoisotopic (exact) mass is 526 g/mol. The minimum Gasteiger partial charge on any atom is -0.356 e. The van der Waals surface area contributed by atoms with Crippen molar-refractivity contribution in [2.75, 3.05) is 51.7 Å². The van der Waals surface area contributed by atoms with Gasteiger partial charge in [0, 0.05) is 64.8 Å². The van der Waals surface area contributed by atoms with Crippen LogP contribution < -0.4 is 15.5 Å². The third-order valence-electron chi connectivity index (χ3n) is 5.26. The molecule has 3 heterocycles. The van der Waals surface area contributed by atoms with E-state index in [2.05, 4.69) is 72.4 Å². The number of aryl methyl sites for hydroxylation is 3. The third-order valence-corrected chi connectivity index (χ3v) is 5.26. The second-order valence-electron chi connectivity index (χ2n) is 7.67. The van der Waals surface area contributed by atoms with E-state index in [9.17, 15) is 0 Å². The molecule has 1 aliphatic heterocycles. The number of halogens is 1. The second-order valence-corrected chi connectivity index (χ2v) is 7.67. The molecule has 0 radical (unpaired) electrons. The molecule has 2 N–H and O–H groups in total. The highest BCUT2D eigenvalue weighted by Crippen LogP contribution is 2.13. The maximum absolute atomic E-state index is 4.65. The standard InChI is InChI=1S/C21H34N8.HI/c1-17-14-18(2)29(26-17)9-5-8-23-21(22-3)25-16-19-6-7-20(24-15-19)28-12-10-27(4)11-13-28;/h6-7,14-15H,5,8-13,16H2,1-4H3,(H2,22,23,25);1H. The first kappa shape index (κ1) is 24.4. The largest absolute Gasteiger partial charge is 0.356 e. The lowest BCUT2D eigenvalue weighted by atomic mass is 10.2. The van der Waals surface area contributed by atoms with Crippen LogP contribution in [0.25, 0.3) is 0 Å². The summed E-state index contributed by atoms with van der Waals surface area (Å²) >= 11 is 0. The number of likely N-dealkylation sites (N-methyl/N-ethyl adjacent to an activating group) is 1. The predicted molar refractivity (Wildman–Crippen MR) is 134 cm³/mol. The summed E-state index contributed by atoms with van der Waals surface area (Å²) in [6.07, 6.45) is 2.95. The molecule has 0 bridgehead atoms. The SMILES string of the molecule is CN=C(NCCCn1nc(C)cc1C)NCc1ccc(N2CCN(C)CC2)nc1.I. The Bertz CT molecular complexity index is 794. The molecule has 30 heavy (non-hydrogen) atoms. The molecule has 1 saturated heterocycles. The van der Waals surface area contributed by atoms with Crippen LogP contribution in [-0.4, -0.2) is 72.4 Å². The maximum atomic E-state index is 4.65. The summed E-state index contributed by atoms with van der Waals surface area (Å²) in [7, 11) is 3.96. The number of aromatic nitrogens is 3. The Labute approximate surface area is 197 Å². The number of rotatable bonds is 7. The molecule has 0 aromatic carbocycles. The van der Waals surface area contributed by atoms with E-state index < -0.39 is 0 Å². The Balaban J connectivity index is 0.00000320. The van der Waals surface area contributed by atoms with Crippen molar-refractivity contribution in [1.29, 1.82) is 0 Å². The molecule has 0 aliphatic carbocycles. The molecule has 8 nitrogen and oxygen atoms in total. The Kier molecular flexibility index (Phi) is 9.83. The van der Waals surface area contributed by atoms with Crippen LogP contribution in [0.4, 0.5) is 5.82 Å². The van der Waals surface area contributed by atoms with Crippen molar-refractivity contribution in [1.82, 2.24) is 30.3 Å². The average Bonchev–Trinajstić information content (AvgIpc) is 3.05. The van der Waals surface area contributed by atoms with E-state index in [4.69, 9.17) is 0 Å². The summed E-state index contributed by atoms with van der Waals surface area (Å²) in [6, 6.07) is 6.37. The fourth-order valence-corrected chi connectivity index (χ4v) is 3.49. The smallest absolute Gasteiger partial charge is 0.191 e. The Morgan fingerprint density at radius 1 is 1.13 bits per heavy atom. The summed E-state index contributed by atoms with van der Waals surface area (Å²) < 4.78 is 2.06. The van der Waals surface area contributed by atoms with Gasteiger partial charge in [-0.3, -0.25) is 9.67 Å². The van der Waals surface area contributed by atoms with Gasteiger partial charge < -0.3 is 20.4 Å². The number of guanidine groups is 1. The van der Waals surface area contributed by atoms with E-state index in [-0.39, 0.29) is 24.0 Å². The minimum absolute atomic E-state index is 0. The fourth-order valence-electron chi connectivity index (χ4n) is 3.49. The first-order valence-corrected chi connectivity index (χ1v) is 10.4. The molecule has 0 unspecified atom stereocenters. The van der Waals surface area contributed by atoms with Crippen molar-refractivity contribution in [2.45, 2.75) is 33.4 Å². The zero-order valence-corrected chi connectivity index (χ0v) is 20.9. The van der Waals surface area contributed by atoms with Crippen LogP contribution in [0.1, 0.15) is 23.4 Å². The van der Waals surface area contributed by atoms with E-state index >= 15 is 0 Å². The highest BCUT2D eigenvalue weighted by Gasteiger charge is 2.14. The van der Waals surface area contributed by atoms with Gasteiger partial charge in [0.2, 0.25) is 0 Å². The lowest BCUT2D eigenvalue weighted by Crippen LogP contribution is -2.44. The summed E-state index contributed by atoms with van der Waals surface area (Å²) in [5, 5.41) is 11.2. The first-order chi connectivity index (χ1) is 14.0. The summed E-state index contributed by atoms with van der Waals surface area (Å²) in [4.78, 5) is 13.7. The van der Waals surface area contributed by atoms with E-state index in [1.165, 1.54) is 5.69 Å². The van der Waals surface area contributed by atoms with E-state index in [1.54, 1.807) is 7.05 Å². The van der Waals surface area contributed by atoms with Gasteiger partial charge in [0.05, 0.1) is 5.69 Å². The topological polar surface area (TPSA) is 73.6 Å². The Hall–Kier alpha value is -1.88. The molecule has 0 amide bonds. The van der Waals surface area contributed by atoms with Gasteiger partial charge in [0.25, 0.3) is 0 Å². The van der Waals surface area contributed by atoms with Crippen molar-refractivity contribution in [2.24, 2.45) is 4.99 Å². The molecule has 2 aromatic rings. The Morgan fingerprint density at radius 2 is 1.90 bits per heavy atom. The number of nitrogens with one attached hydrogen (secondary N) is 2. The first-order valence-electron chi connectivity index (χ1n) is 10.4. The van der Waals surface area contributed by atoms with Crippen LogP contribution in [0.5, 0.6) is 0 Å². The number of piperazine rings is 1. The molecule has 0 atom stereocenters. The van der Waals surface area contributed by atoms with Gasteiger partial charge in [0.15, 0.2) is 5.96 Å². The van der Waals surface area contributed by atoms with Gasteiger partial charge >= 0.3 is 0 Å². The van der Waals surface area contributed by atoms with Gasteiger partial charge in [-0.05, 0) is 45.0 Å². The average molecular weight is 526 g/mol. The molecule has 1 fully saturated rings. The molecule has 166 valence electrons. The zero-order valence-electron chi connectivity index (χ0n) is 18.6. The molecule has 9 heteroatoms. The van der Waals surface area contributed by atoms with Crippen LogP contribution in [0.15, 0.2) is 29.4 Å². The third kappa shape index (κ3) is 7.12. The van der Waals surface area contributed by atoms with Crippen LogP contribution >= 0.6 is 24.0 Å². The van der Waals surface area contributed by atoms with Gasteiger partial charge in [-0.2, -0.15) is 5.10 Å².